The highest BCUT2D eigenvalue weighted by atomic mass is 16.5. The second-order valence-corrected chi connectivity index (χ2v) is 9.47. The number of anilines is 2. The van der Waals surface area contributed by atoms with Gasteiger partial charge in [-0.2, -0.15) is 10.1 Å². The minimum Gasteiger partial charge on any atom is -0.493 e. The molecule has 3 heterocycles. The number of nitrogens with zero attached hydrogens (tertiary/aromatic N) is 5. The Balaban J connectivity index is 1.49. The summed E-state index contributed by atoms with van der Waals surface area (Å²) in [5, 5.41) is 6.42. The summed E-state index contributed by atoms with van der Waals surface area (Å²) >= 11 is 0. The van der Waals surface area contributed by atoms with Crippen molar-refractivity contribution in [2.45, 2.75) is 25.8 Å². The van der Waals surface area contributed by atoms with Crippen LogP contribution in [0.2, 0.25) is 0 Å². The number of carbonyl (C=O) groups excluding carboxylic acids is 1. The first-order chi connectivity index (χ1) is 19.9. The van der Waals surface area contributed by atoms with Gasteiger partial charge in [0.15, 0.2) is 17.3 Å². The molecule has 4 aromatic rings. The molecule has 0 spiro atoms. The number of rotatable bonds is 9. The minimum absolute atomic E-state index is 0.0953. The smallest absolute Gasteiger partial charge is 0.221 e. The fourth-order valence-corrected chi connectivity index (χ4v) is 4.81. The maximum absolute atomic E-state index is 13.6. The van der Waals surface area contributed by atoms with Crippen LogP contribution in [0.25, 0.3) is 0 Å². The van der Waals surface area contributed by atoms with Gasteiger partial charge in [0.25, 0.3) is 0 Å². The average molecular weight is 550 g/mol. The number of hydrogen-bond acceptors (Lipinski definition) is 10. The molecule has 1 unspecified atom stereocenters. The Hall–Kier alpha value is -5.25. The maximum Gasteiger partial charge on any atom is 0.221 e. The number of pyridine rings is 1. The van der Waals surface area contributed by atoms with E-state index in [1.165, 1.54) is 20.3 Å². The number of aromatic nitrogens is 3. The first-order valence-corrected chi connectivity index (χ1v) is 13.1. The molecule has 0 saturated carbocycles. The van der Waals surface area contributed by atoms with Gasteiger partial charge in [0.2, 0.25) is 5.95 Å². The van der Waals surface area contributed by atoms with Crippen LogP contribution in [0.4, 0.5) is 11.8 Å². The first-order valence-electron chi connectivity index (χ1n) is 13.1. The Bertz CT molecular complexity index is 1630. The zero-order valence-electron chi connectivity index (χ0n) is 23.1. The van der Waals surface area contributed by atoms with E-state index in [9.17, 15) is 4.79 Å². The van der Waals surface area contributed by atoms with Crippen LogP contribution in [-0.2, 0) is 12.8 Å². The number of ether oxygens (including phenoxy) is 2. The molecule has 2 aromatic carbocycles. The Kier molecular flexibility index (Phi) is 7.91. The summed E-state index contributed by atoms with van der Waals surface area (Å²) in [4.78, 5) is 26.3. The van der Waals surface area contributed by atoms with Crippen LogP contribution < -0.4 is 20.9 Å². The highest BCUT2D eigenvalue weighted by Gasteiger charge is 2.26. The molecule has 0 aliphatic carbocycles. The predicted molar refractivity (Wildman–Crippen MR) is 158 cm³/mol. The molecule has 0 saturated heterocycles. The van der Waals surface area contributed by atoms with Gasteiger partial charge in [-0.15, -0.1) is 0 Å². The summed E-state index contributed by atoms with van der Waals surface area (Å²) in [6.45, 7) is 2.07. The Morgan fingerprint density at radius 2 is 1.88 bits per heavy atom. The van der Waals surface area contributed by atoms with Crippen molar-refractivity contribution in [1.29, 1.82) is 0 Å². The van der Waals surface area contributed by atoms with E-state index in [0.717, 1.165) is 34.4 Å². The summed E-state index contributed by atoms with van der Waals surface area (Å²) in [7, 11) is 3.02. The number of ketones is 1. The molecule has 208 valence electrons. The lowest BCUT2D eigenvalue weighted by molar-refractivity contribution is 0.104. The largest absolute Gasteiger partial charge is 0.493 e. The Morgan fingerprint density at radius 1 is 1.05 bits per heavy atom. The number of aryl methyl sites for hydroxylation is 1. The van der Waals surface area contributed by atoms with E-state index in [1.54, 1.807) is 35.8 Å². The molecule has 1 aliphatic heterocycles. The van der Waals surface area contributed by atoms with E-state index in [1.807, 2.05) is 30.5 Å². The Morgan fingerprint density at radius 3 is 2.59 bits per heavy atom. The van der Waals surface area contributed by atoms with E-state index in [4.69, 9.17) is 20.9 Å². The van der Waals surface area contributed by atoms with Crippen LogP contribution >= 0.6 is 0 Å². The van der Waals surface area contributed by atoms with Gasteiger partial charge < -0.3 is 20.9 Å². The number of hydrazone groups is 1. The number of methoxy groups -OCH3 is 2. The van der Waals surface area contributed by atoms with Gasteiger partial charge in [-0.25, -0.2) is 4.98 Å². The summed E-state index contributed by atoms with van der Waals surface area (Å²) < 4.78 is 11.1. The quantitative estimate of drug-likeness (QED) is 0.230. The van der Waals surface area contributed by atoms with E-state index in [2.05, 4.69) is 39.1 Å². The third-order valence-electron chi connectivity index (χ3n) is 6.90. The predicted octanol–water partition coefficient (Wildman–Crippen LogP) is 4.34. The van der Waals surface area contributed by atoms with Gasteiger partial charge in [0.05, 0.1) is 26.0 Å². The summed E-state index contributed by atoms with van der Waals surface area (Å²) in [5.74, 6) is 0.835. The standard InChI is InChI=1S/C31H31N7O3/c1-4-23-10-9-21(16-34-23)28-24-8-6-5-7-20(24)18-36-38(28)12-11-26(39)25-14-19(15-27(40-2)29(25)41-3)13-22-17-35-31(33)37-30(22)32/h5-12,14-18,28H,4,13H2,1-3H3,(H4,32,33,35,37)/b12-11+. The molecule has 0 bridgehead atoms. The average Bonchev–Trinajstić information content (AvgIpc) is 3.00. The molecule has 10 nitrogen and oxygen atoms in total. The molecule has 1 aliphatic rings. The molecule has 0 amide bonds. The summed E-state index contributed by atoms with van der Waals surface area (Å²) in [5.41, 5.74) is 17.5. The monoisotopic (exact) mass is 549 g/mol. The number of hydrogen-bond donors (Lipinski definition) is 2. The van der Waals surface area contributed by atoms with Crippen molar-refractivity contribution in [3.63, 3.8) is 0 Å². The van der Waals surface area contributed by atoms with Crippen molar-refractivity contribution >= 4 is 23.8 Å². The summed E-state index contributed by atoms with van der Waals surface area (Å²) in [6.07, 6.45) is 9.60. The SMILES string of the molecule is CCc1ccc(C2c3ccccc3C=NN2/C=C/C(=O)c2cc(Cc3cnc(N)nc3N)cc(OC)c2OC)cn1. The van der Waals surface area contributed by atoms with Crippen LogP contribution in [0.5, 0.6) is 11.5 Å². The number of nitrogen functional groups attached to an aromatic ring is 2. The number of fused-ring (bicyclic) bond motifs is 1. The van der Waals surface area contributed by atoms with Crippen molar-refractivity contribution in [3.8, 4) is 11.5 Å². The third kappa shape index (κ3) is 5.72. The molecule has 4 N–H and O–H groups in total. The molecular weight excluding hydrogens is 518 g/mol. The van der Waals surface area contributed by atoms with Crippen LogP contribution in [0.15, 0.2) is 78.3 Å². The highest BCUT2D eigenvalue weighted by molar-refractivity contribution is 6.07. The fourth-order valence-electron chi connectivity index (χ4n) is 4.81. The second-order valence-electron chi connectivity index (χ2n) is 9.47. The molecule has 0 radical (unpaired) electrons. The van der Waals surface area contributed by atoms with Gasteiger partial charge >= 0.3 is 0 Å². The van der Waals surface area contributed by atoms with Crippen LogP contribution in [0.1, 0.15) is 56.8 Å². The van der Waals surface area contributed by atoms with Crippen LogP contribution in [-0.4, -0.2) is 46.2 Å². The van der Waals surface area contributed by atoms with Crippen molar-refractivity contribution in [2.75, 3.05) is 25.7 Å². The number of benzene rings is 2. The van der Waals surface area contributed by atoms with E-state index in [-0.39, 0.29) is 23.6 Å². The van der Waals surface area contributed by atoms with E-state index < -0.39 is 0 Å². The van der Waals surface area contributed by atoms with Crippen molar-refractivity contribution in [2.24, 2.45) is 5.10 Å². The first kappa shape index (κ1) is 27.3. The highest BCUT2D eigenvalue weighted by Crippen LogP contribution is 2.36. The normalized spacial score (nSPS) is 14.2. The molecule has 41 heavy (non-hydrogen) atoms. The molecule has 10 heteroatoms. The fraction of sp³-hybridized carbons (Fsp3) is 0.194. The lowest BCUT2D eigenvalue weighted by Gasteiger charge is -2.31. The van der Waals surface area contributed by atoms with Gasteiger partial charge in [-0.05, 0) is 41.3 Å². The van der Waals surface area contributed by atoms with E-state index >= 15 is 0 Å². The second kappa shape index (κ2) is 11.9. The van der Waals surface area contributed by atoms with E-state index in [0.29, 0.717) is 29.0 Å². The lowest BCUT2D eigenvalue weighted by atomic mass is 9.94. The zero-order valence-corrected chi connectivity index (χ0v) is 23.1. The van der Waals surface area contributed by atoms with Gasteiger partial charge in [0, 0.05) is 47.9 Å². The topological polar surface area (TPSA) is 142 Å². The van der Waals surface area contributed by atoms with Gasteiger partial charge in [-0.1, -0.05) is 37.3 Å². The molecular formula is C31H31N7O3. The minimum atomic E-state index is -0.282. The van der Waals surface area contributed by atoms with Crippen LogP contribution in [0.3, 0.4) is 0 Å². The third-order valence-corrected chi connectivity index (χ3v) is 6.90. The number of nitrogens with two attached hydrogens (primary N) is 2. The number of carbonyl (C=O) groups is 1. The van der Waals surface area contributed by atoms with Crippen molar-refractivity contribution in [1.82, 2.24) is 20.0 Å². The zero-order chi connectivity index (χ0) is 28.9. The lowest BCUT2D eigenvalue weighted by Crippen LogP contribution is -2.25. The molecule has 5 rings (SSSR count). The summed E-state index contributed by atoms with van der Waals surface area (Å²) in [6, 6.07) is 15.4. The van der Waals surface area contributed by atoms with Crippen molar-refractivity contribution in [3.05, 3.63) is 112 Å². The molecule has 2 aromatic heterocycles. The van der Waals surface area contributed by atoms with Crippen molar-refractivity contribution < 1.29 is 14.3 Å². The maximum atomic E-state index is 13.6. The van der Waals surface area contributed by atoms with Gasteiger partial charge in [-0.3, -0.25) is 14.8 Å². The number of allylic oxidation sites excluding steroid dienone is 1. The van der Waals surface area contributed by atoms with Gasteiger partial charge in [0.1, 0.15) is 11.9 Å². The Labute approximate surface area is 238 Å². The molecule has 0 fully saturated rings. The molecule has 1 atom stereocenters. The van der Waals surface area contributed by atoms with Crippen LogP contribution in [0, 0.1) is 0 Å².